The molecule has 3 nitrogen and oxygen atoms in total. The van der Waals surface area contributed by atoms with E-state index in [1.807, 2.05) is 39.0 Å². The van der Waals surface area contributed by atoms with Gasteiger partial charge in [-0.15, -0.1) is 0 Å². The van der Waals surface area contributed by atoms with Crippen molar-refractivity contribution < 1.29 is 9.47 Å². The molecule has 0 heterocycles. The largest absolute Gasteiger partial charge is 0.493 e. The predicted molar refractivity (Wildman–Crippen MR) is 61.5 cm³/mol. The van der Waals surface area contributed by atoms with Crippen molar-refractivity contribution in [2.45, 2.75) is 26.3 Å². The van der Waals surface area contributed by atoms with Crippen LogP contribution in [-0.2, 0) is 0 Å². The van der Waals surface area contributed by atoms with Crippen LogP contribution < -0.4 is 15.2 Å². The third kappa shape index (κ3) is 3.80. The molecule has 0 atom stereocenters. The highest BCUT2D eigenvalue weighted by molar-refractivity contribution is 5.42. The molecule has 1 aromatic rings. The van der Waals surface area contributed by atoms with Gasteiger partial charge in [0.1, 0.15) is 6.61 Å². The highest BCUT2D eigenvalue weighted by atomic mass is 16.5. The molecule has 0 saturated heterocycles. The second-order valence-corrected chi connectivity index (χ2v) is 4.43. The van der Waals surface area contributed by atoms with Gasteiger partial charge < -0.3 is 15.2 Å². The highest BCUT2D eigenvalue weighted by Crippen LogP contribution is 2.28. The molecule has 0 fully saturated rings. The molecule has 1 rings (SSSR count). The average molecular weight is 209 g/mol. The summed E-state index contributed by atoms with van der Waals surface area (Å²) in [5.41, 5.74) is 6.65. The van der Waals surface area contributed by atoms with Crippen molar-refractivity contribution >= 4 is 0 Å². The molecule has 3 heteroatoms. The summed E-state index contributed by atoms with van der Waals surface area (Å²) in [4.78, 5) is 0. The van der Waals surface area contributed by atoms with Gasteiger partial charge in [-0.2, -0.15) is 0 Å². The first kappa shape index (κ1) is 11.9. The maximum atomic E-state index is 5.84. The fraction of sp³-hybridized carbons (Fsp3) is 0.500. The highest BCUT2D eigenvalue weighted by Gasteiger charge is 2.13. The van der Waals surface area contributed by atoms with E-state index < -0.39 is 0 Å². The number of benzene rings is 1. The lowest BCUT2D eigenvalue weighted by atomic mass is 10.1. The van der Waals surface area contributed by atoms with Crippen LogP contribution in [0.15, 0.2) is 18.2 Å². The van der Waals surface area contributed by atoms with Gasteiger partial charge in [-0.25, -0.2) is 0 Å². The quantitative estimate of drug-likeness (QED) is 0.826. The van der Waals surface area contributed by atoms with E-state index >= 15 is 0 Å². The lowest BCUT2D eigenvalue weighted by Gasteiger charge is -2.20. The average Bonchev–Trinajstić information content (AvgIpc) is 2.14. The molecule has 0 spiro atoms. The Hall–Kier alpha value is -1.22. The maximum Gasteiger partial charge on any atom is 0.161 e. The third-order valence-electron chi connectivity index (χ3n) is 1.92. The standard InChI is InChI=1S/C12H19NO2/c1-9-5-6-10(11(7-9)14-4)15-8-12(2,3)13/h5-7H,8,13H2,1-4H3. The molecule has 15 heavy (non-hydrogen) atoms. The molecule has 0 aromatic heterocycles. The minimum Gasteiger partial charge on any atom is -0.493 e. The van der Waals surface area contributed by atoms with Crippen LogP contribution in [0.3, 0.4) is 0 Å². The van der Waals surface area contributed by atoms with Gasteiger partial charge in [0.15, 0.2) is 11.5 Å². The van der Waals surface area contributed by atoms with Gasteiger partial charge in [0, 0.05) is 5.54 Å². The fourth-order valence-corrected chi connectivity index (χ4v) is 1.16. The summed E-state index contributed by atoms with van der Waals surface area (Å²) in [7, 11) is 1.63. The van der Waals surface area contributed by atoms with Crippen LogP contribution in [0.2, 0.25) is 0 Å². The zero-order chi connectivity index (χ0) is 11.5. The number of nitrogens with two attached hydrogens (primary N) is 1. The summed E-state index contributed by atoms with van der Waals surface area (Å²) in [6.45, 7) is 6.33. The zero-order valence-electron chi connectivity index (χ0n) is 9.83. The molecule has 84 valence electrons. The first-order chi connectivity index (χ1) is 6.92. The molecule has 0 unspecified atom stereocenters. The molecular weight excluding hydrogens is 190 g/mol. The van der Waals surface area contributed by atoms with Gasteiger partial charge in [0.25, 0.3) is 0 Å². The van der Waals surface area contributed by atoms with Crippen molar-refractivity contribution in [1.29, 1.82) is 0 Å². The normalized spacial score (nSPS) is 11.3. The second-order valence-electron chi connectivity index (χ2n) is 4.43. The van der Waals surface area contributed by atoms with Crippen molar-refractivity contribution in [3.8, 4) is 11.5 Å². The van der Waals surface area contributed by atoms with Gasteiger partial charge in [0.05, 0.1) is 7.11 Å². The summed E-state index contributed by atoms with van der Waals surface area (Å²) in [5.74, 6) is 1.49. The number of methoxy groups -OCH3 is 1. The van der Waals surface area contributed by atoms with Crippen molar-refractivity contribution in [2.24, 2.45) is 5.73 Å². The van der Waals surface area contributed by atoms with Gasteiger partial charge in [-0.3, -0.25) is 0 Å². The van der Waals surface area contributed by atoms with Crippen LogP contribution in [0.4, 0.5) is 0 Å². The van der Waals surface area contributed by atoms with Crippen LogP contribution in [0.5, 0.6) is 11.5 Å². The number of hydrogen-bond donors (Lipinski definition) is 1. The Labute approximate surface area is 91.2 Å². The molecule has 1 aromatic carbocycles. The van der Waals surface area contributed by atoms with E-state index in [0.717, 1.165) is 17.1 Å². The van der Waals surface area contributed by atoms with Crippen LogP contribution in [0.25, 0.3) is 0 Å². The Morgan fingerprint density at radius 2 is 1.93 bits per heavy atom. The van der Waals surface area contributed by atoms with Gasteiger partial charge in [-0.05, 0) is 38.5 Å². The Kier molecular flexibility index (Phi) is 3.58. The summed E-state index contributed by atoms with van der Waals surface area (Å²) in [6.07, 6.45) is 0. The van der Waals surface area contributed by atoms with E-state index in [9.17, 15) is 0 Å². The topological polar surface area (TPSA) is 44.5 Å². The minimum atomic E-state index is -0.337. The van der Waals surface area contributed by atoms with Crippen molar-refractivity contribution in [2.75, 3.05) is 13.7 Å². The van der Waals surface area contributed by atoms with E-state index in [1.165, 1.54) is 0 Å². The van der Waals surface area contributed by atoms with E-state index in [1.54, 1.807) is 7.11 Å². The molecule has 0 bridgehead atoms. The van der Waals surface area contributed by atoms with Crippen molar-refractivity contribution in [1.82, 2.24) is 0 Å². The number of aryl methyl sites for hydroxylation is 1. The molecule has 0 aliphatic heterocycles. The fourth-order valence-electron chi connectivity index (χ4n) is 1.16. The smallest absolute Gasteiger partial charge is 0.161 e. The van der Waals surface area contributed by atoms with Gasteiger partial charge >= 0.3 is 0 Å². The van der Waals surface area contributed by atoms with Crippen molar-refractivity contribution in [3.63, 3.8) is 0 Å². The van der Waals surface area contributed by atoms with E-state index in [4.69, 9.17) is 15.2 Å². The Morgan fingerprint density at radius 1 is 1.27 bits per heavy atom. The molecular formula is C12H19NO2. The Morgan fingerprint density at radius 3 is 2.47 bits per heavy atom. The molecule has 2 N–H and O–H groups in total. The summed E-state index contributed by atoms with van der Waals surface area (Å²) in [5, 5.41) is 0. The number of hydrogen-bond acceptors (Lipinski definition) is 3. The molecule has 0 aliphatic rings. The first-order valence-corrected chi connectivity index (χ1v) is 4.99. The SMILES string of the molecule is COc1cc(C)ccc1OCC(C)(C)N. The van der Waals surface area contributed by atoms with E-state index in [-0.39, 0.29) is 5.54 Å². The molecule has 0 amide bonds. The summed E-state index contributed by atoms with van der Waals surface area (Å²) < 4.78 is 10.8. The number of rotatable bonds is 4. The monoisotopic (exact) mass is 209 g/mol. The minimum absolute atomic E-state index is 0.337. The third-order valence-corrected chi connectivity index (χ3v) is 1.92. The summed E-state index contributed by atoms with van der Waals surface area (Å²) >= 11 is 0. The Bertz CT molecular complexity index is 329. The van der Waals surface area contributed by atoms with Crippen LogP contribution in [0, 0.1) is 6.92 Å². The van der Waals surface area contributed by atoms with Gasteiger partial charge in [0.2, 0.25) is 0 Å². The molecule has 0 aliphatic carbocycles. The van der Waals surface area contributed by atoms with E-state index in [2.05, 4.69) is 0 Å². The van der Waals surface area contributed by atoms with E-state index in [0.29, 0.717) is 6.61 Å². The van der Waals surface area contributed by atoms with Crippen LogP contribution in [0.1, 0.15) is 19.4 Å². The Balaban J connectivity index is 2.76. The van der Waals surface area contributed by atoms with Crippen LogP contribution in [-0.4, -0.2) is 19.3 Å². The van der Waals surface area contributed by atoms with Crippen molar-refractivity contribution in [3.05, 3.63) is 23.8 Å². The predicted octanol–water partition coefficient (Wildman–Crippen LogP) is 2.12. The summed E-state index contributed by atoms with van der Waals surface area (Å²) in [6, 6.07) is 5.83. The lowest BCUT2D eigenvalue weighted by molar-refractivity contribution is 0.233. The van der Waals surface area contributed by atoms with Crippen LogP contribution >= 0.6 is 0 Å². The second kappa shape index (κ2) is 4.53. The number of ether oxygens (including phenoxy) is 2. The zero-order valence-corrected chi connectivity index (χ0v) is 9.83. The lowest BCUT2D eigenvalue weighted by Crippen LogP contribution is -2.38. The maximum absolute atomic E-state index is 5.84. The first-order valence-electron chi connectivity index (χ1n) is 4.99. The van der Waals surface area contributed by atoms with Gasteiger partial charge in [-0.1, -0.05) is 6.07 Å². The molecule has 0 radical (unpaired) electrons. The molecule has 0 saturated carbocycles.